The number of hydrogen-bond donors (Lipinski definition) is 3. The molecule has 0 bridgehead atoms. The number of rotatable bonds is 9. The summed E-state index contributed by atoms with van der Waals surface area (Å²) in [7, 11) is 0. The number of nitrogens with one attached hydrogen (secondary N) is 2. The van der Waals surface area contributed by atoms with E-state index in [2.05, 4.69) is 15.6 Å². The van der Waals surface area contributed by atoms with Crippen molar-refractivity contribution in [2.24, 2.45) is 0 Å². The van der Waals surface area contributed by atoms with Gasteiger partial charge in [0.05, 0.1) is 31.0 Å². The molecule has 0 fully saturated rings. The quantitative estimate of drug-likeness (QED) is 0.372. The minimum atomic E-state index is -0.660. The summed E-state index contributed by atoms with van der Waals surface area (Å²) in [6.07, 6.45) is 0.0186. The fourth-order valence-corrected chi connectivity index (χ4v) is 3.97. The standard InChI is InChI=1S/C22H24ClN5O5S/c1-3-32-18(29)9-10-25-22(31)27-15-11-17(23)28(19(15)20(30)33-4-2)14-7-5-13(6-8-14)16-12-34-21(24)26-16/h5-8,11-12H,3-4,9-10H2,1-2H3,(H2,24,26)(H2,25,27,31). The Kier molecular flexibility index (Phi) is 8.50. The monoisotopic (exact) mass is 505 g/mol. The van der Waals surface area contributed by atoms with Crippen LogP contribution in [-0.4, -0.2) is 47.3 Å². The molecular formula is C22H24ClN5O5S. The zero-order valence-corrected chi connectivity index (χ0v) is 20.2. The zero-order chi connectivity index (χ0) is 24.7. The van der Waals surface area contributed by atoms with Crippen LogP contribution >= 0.6 is 22.9 Å². The summed E-state index contributed by atoms with van der Waals surface area (Å²) in [5, 5.41) is 7.64. The van der Waals surface area contributed by atoms with Crippen LogP contribution < -0.4 is 16.4 Å². The molecule has 12 heteroatoms. The smallest absolute Gasteiger partial charge is 0.357 e. The fourth-order valence-electron chi connectivity index (χ4n) is 3.11. The van der Waals surface area contributed by atoms with E-state index in [1.54, 1.807) is 26.0 Å². The van der Waals surface area contributed by atoms with E-state index < -0.39 is 18.0 Å². The molecule has 34 heavy (non-hydrogen) atoms. The Bertz CT molecular complexity index is 1180. The van der Waals surface area contributed by atoms with Crippen LogP contribution in [0.1, 0.15) is 30.8 Å². The molecule has 1 aromatic carbocycles. The van der Waals surface area contributed by atoms with Crippen LogP contribution in [0.2, 0.25) is 5.15 Å². The number of amides is 2. The van der Waals surface area contributed by atoms with E-state index in [1.807, 2.05) is 17.5 Å². The molecule has 2 aromatic heterocycles. The molecule has 0 aliphatic heterocycles. The van der Waals surface area contributed by atoms with E-state index in [0.717, 1.165) is 11.3 Å². The predicted molar refractivity (Wildman–Crippen MR) is 131 cm³/mol. The number of thiazole rings is 1. The van der Waals surface area contributed by atoms with Crippen molar-refractivity contribution >= 4 is 51.7 Å². The third-order valence-corrected chi connectivity index (χ3v) is 5.49. The number of nitrogens with two attached hydrogens (primary N) is 1. The third-order valence-electron chi connectivity index (χ3n) is 4.54. The minimum Gasteiger partial charge on any atom is -0.466 e. The second-order valence-corrected chi connectivity index (χ2v) is 8.12. The van der Waals surface area contributed by atoms with E-state index >= 15 is 0 Å². The molecule has 0 radical (unpaired) electrons. The lowest BCUT2D eigenvalue weighted by molar-refractivity contribution is -0.142. The number of carbonyl (C=O) groups excluding carboxylic acids is 3. The summed E-state index contributed by atoms with van der Waals surface area (Å²) >= 11 is 7.79. The Morgan fingerprint density at radius 2 is 1.85 bits per heavy atom. The topological polar surface area (TPSA) is 138 Å². The van der Waals surface area contributed by atoms with Gasteiger partial charge in [0.2, 0.25) is 0 Å². The molecule has 0 spiro atoms. The molecule has 4 N–H and O–H groups in total. The van der Waals surface area contributed by atoms with Gasteiger partial charge in [0.15, 0.2) is 10.8 Å². The van der Waals surface area contributed by atoms with Crippen molar-refractivity contribution < 1.29 is 23.9 Å². The summed E-state index contributed by atoms with van der Waals surface area (Å²) in [5.74, 6) is -1.08. The van der Waals surface area contributed by atoms with Crippen LogP contribution in [0.15, 0.2) is 35.7 Å². The second-order valence-electron chi connectivity index (χ2n) is 6.84. The van der Waals surface area contributed by atoms with Crippen LogP contribution in [0.3, 0.4) is 0 Å². The lowest BCUT2D eigenvalue weighted by Crippen LogP contribution is -2.31. The largest absolute Gasteiger partial charge is 0.466 e. The first-order valence-electron chi connectivity index (χ1n) is 10.4. The molecule has 0 saturated carbocycles. The van der Waals surface area contributed by atoms with Gasteiger partial charge in [-0.2, -0.15) is 0 Å². The molecule has 0 aliphatic carbocycles. The summed E-state index contributed by atoms with van der Waals surface area (Å²) in [6, 6.07) is 8.02. The number of hydrogen-bond acceptors (Lipinski definition) is 8. The predicted octanol–water partition coefficient (Wildman–Crippen LogP) is 4.09. The SMILES string of the molecule is CCOC(=O)CCNC(=O)Nc1cc(Cl)n(-c2ccc(-c3csc(N)n3)cc2)c1C(=O)OCC. The highest BCUT2D eigenvalue weighted by Crippen LogP contribution is 2.31. The molecule has 180 valence electrons. The highest BCUT2D eigenvalue weighted by molar-refractivity contribution is 7.13. The van der Waals surface area contributed by atoms with Crippen LogP contribution in [-0.2, 0) is 14.3 Å². The molecule has 0 unspecified atom stereocenters. The number of carbonyl (C=O) groups is 3. The first kappa shape index (κ1) is 25.1. The van der Waals surface area contributed by atoms with Gasteiger partial charge in [-0.3, -0.25) is 9.36 Å². The fraction of sp³-hybridized carbons (Fsp3) is 0.273. The third kappa shape index (κ3) is 6.06. The van der Waals surface area contributed by atoms with Gasteiger partial charge in [0, 0.05) is 29.2 Å². The maximum atomic E-state index is 12.8. The molecule has 0 saturated heterocycles. The first-order chi connectivity index (χ1) is 16.3. The van der Waals surface area contributed by atoms with E-state index in [9.17, 15) is 14.4 Å². The molecule has 0 atom stereocenters. The summed E-state index contributed by atoms with van der Waals surface area (Å²) in [6.45, 7) is 3.84. The van der Waals surface area contributed by atoms with Gasteiger partial charge < -0.3 is 25.8 Å². The van der Waals surface area contributed by atoms with Crippen LogP contribution in [0.4, 0.5) is 15.6 Å². The highest BCUT2D eigenvalue weighted by atomic mass is 35.5. The molecule has 2 heterocycles. The van der Waals surface area contributed by atoms with Crippen molar-refractivity contribution in [3.05, 3.63) is 46.6 Å². The van der Waals surface area contributed by atoms with Gasteiger partial charge in [-0.25, -0.2) is 14.6 Å². The van der Waals surface area contributed by atoms with Crippen LogP contribution in [0, 0.1) is 0 Å². The van der Waals surface area contributed by atoms with Gasteiger partial charge in [-0.15, -0.1) is 11.3 Å². The summed E-state index contributed by atoms with van der Waals surface area (Å²) in [5.41, 5.74) is 8.09. The first-order valence-corrected chi connectivity index (χ1v) is 11.7. The molecule has 3 aromatic rings. The Hall–Kier alpha value is -3.57. The van der Waals surface area contributed by atoms with Gasteiger partial charge >= 0.3 is 18.0 Å². The van der Waals surface area contributed by atoms with Gasteiger partial charge in [0.25, 0.3) is 0 Å². The lowest BCUT2D eigenvalue weighted by Gasteiger charge is -2.13. The van der Waals surface area contributed by atoms with E-state index in [0.29, 0.717) is 10.8 Å². The van der Waals surface area contributed by atoms with E-state index in [4.69, 9.17) is 26.8 Å². The number of anilines is 2. The van der Waals surface area contributed by atoms with Gasteiger partial charge in [-0.1, -0.05) is 23.7 Å². The lowest BCUT2D eigenvalue weighted by atomic mass is 10.1. The Morgan fingerprint density at radius 1 is 1.15 bits per heavy atom. The van der Waals surface area contributed by atoms with Crippen molar-refractivity contribution in [3.8, 4) is 16.9 Å². The minimum absolute atomic E-state index is 0.0186. The number of benzene rings is 1. The van der Waals surface area contributed by atoms with Crippen molar-refractivity contribution in [2.75, 3.05) is 30.8 Å². The number of nitrogen functional groups attached to an aromatic ring is 1. The number of urea groups is 1. The summed E-state index contributed by atoms with van der Waals surface area (Å²) in [4.78, 5) is 40.8. The van der Waals surface area contributed by atoms with Crippen molar-refractivity contribution in [1.82, 2.24) is 14.9 Å². The van der Waals surface area contributed by atoms with Crippen molar-refractivity contribution in [2.45, 2.75) is 20.3 Å². The average molecular weight is 506 g/mol. The number of nitrogens with zero attached hydrogens (tertiary/aromatic N) is 2. The van der Waals surface area contributed by atoms with Crippen molar-refractivity contribution in [1.29, 1.82) is 0 Å². The van der Waals surface area contributed by atoms with Gasteiger partial charge in [0.1, 0.15) is 5.15 Å². The molecule has 3 rings (SSSR count). The van der Waals surface area contributed by atoms with Crippen LogP contribution in [0.5, 0.6) is 0 Å². The molecular weight excluding hydrogens is 482 g/mol. The zero-order valence-electron chi connectivity index (χ0n) is 18.6. The normalized spacial score (nSPS) is 10.6. The molecule has 10 nitrogen and oxygen atoms in total. The van der Waals surface area contributed by atoms with E-state index in [-0.39, 0.29) is 42.7 Å². The van der Waals surface area contributed by atoms with E-state index in [1.165, 1.54) is 22.0 Å². The molecule has 0 aliphatic rings. The number of aromatic nitrogens is 2. The van der Waals surface area contributed by atoms with Crippen LogP contribution in [0.25, 0.3) is 16.9 Å². The average Bonchev–Trinajstić information content (AvgIpc) is 3.37. The highest BCUT2D eigenvalue weighted by Gasteiger charge is 2.24. The number of halogens is 1. The second kappa shape index (κ2) is 11.5. The Labute approximate surface area is 205 Å². The van der Waals surface area contributed by atoms with Gasteiger partial charge in [-0.05, 0) is 26.0 Å². The summed E-state index contributed by atoms with van der Waals surface area (Å²) < 4.78 is 11.5. The Balaban J connectivity index is 1.84. The maximum absolute atomic E-state index is 12.8. The number of esters is 2. The maximum Gasteiger partial charge on any atom is 0.357 e. The molecule has 2 amide bonds. The Morgan fingerprint density at radius 3 is 2.47 bits per heavy atom. The number of ether oxygens (including phenoxy) is 2. The van der Waals surface area contributed by atoms with Crippen molar-refractivity contribution in [3.63, 3.8) is 0 Å².